The maximum Gasteiger partial charge on any atom is 0.234 e. The van der Waals surface area contributed by atoms with E-state index in [0.717, 1.165) is 16.7 Å². The van der Waals surface area contributed by atoms with Crippen molar-refractivity contribution in [3.05, 3.63) is 71.0 Å². The van der Waals surface area contributed by atoms with E-state index in [-0.39, 0.29) is 18.3 Å². The molecule has 2 aliphatic rings. The highest BCUT2D eigenvalue weighted by Gasteiger charge is 2.44. The molecule has 0 saturated heterocycles. The molecule has 30 heavy (non-hydrogen) atoms. The summed E-state index contributed by atoms with van der Waals surface area (Å²) in [7, 11) is 0. The van der Waals surface area contributed by atoms with Crippen LogP contribution in [0.3, 0.4) is 0 Å². The summed E-state index contributed by atoms with van der Waals surface area (Å²) >= 11 is 0. The number of nitrogens with one attached hydrogen (secondary N) is 2. The van der Waals surface area contributed by atoms with Gasteiger partial charge in [0, 0.05) is 12.2 Å². The third kappa shape index (κ3) is 3.86. The van der Waals surface area contributed by atoms with E-state index >= 15 is 0 Å². The van der Waals surface area contributed by atoms with Crippen molar-refractivity contribution in [3.63, 3.8) is 0 Å². The Balaban J connectivity index is 1.57. The number of fused-ring (bicyclic) bond motifs is 1. The van der Waals surface area contributed by atoms with Gasteiger partial charge in [-0.05, 0) is 60.4 Å². The molecule has 2 aliphatic heterocycles. The molecule has 0 saturated carbocycles. The summed E-state index contributed by atoms with van der Waals surface area (Å²) in [5.74, 6) is -1.56. The van der Waals surface area contributed by atoms with Gasteiger partial charge in [0.15, 0.2) is 0 Å². The fourth-order valence-electron chi connectivity index (χ4n) is 4.13. The Hall–Kier alpha value is -3.03. The molecule has 156 valence electrons. The number of hydrogen-bond acceptors (Lipinski definition) is 4. The van der Waals surface area contributed by atoms with Crippen LogP contribution in [0.5, 0.6) is 0 Å². The van der Waals surface area contributed by atoms with Crippen molar-refractivity contribution in [1.82, 2.24) is 5.32 Å². The first kappa shape index (κ1) is 20.3. The van der Waals surface area contributed by atoms with Gasteiger partial charge in [0.25, 0.3) is 0 Å². The van der Waals surface area contributed by atoms with Crippen molar-refractivity contribution in [1.29, 1.82) is 0 Å². The number of primary amides is 1. The molecular weight excluding hydrogens is 385 g/mol. The van der Waals surface area contributed by atoms with E-state index in [1.54, 1.807) is 6.07 Å². The van der Waals surface area contributed by atoms with Crippen LogP contribution in [0, 0.1) is 5.82 Å². The maximum absolute atomic E-state index is 13.8. The highest BCUT2D eigenvalue weighted by molar-refractivity contribution is 6.03. The molecule has 0 bridgehead atoms. The molecule has 7 heteroatoms. The Morgan fingerprint density at radius 1 is 1.23 bits per heavy atom. The number of carbonyl (C=O) groups is 2. The van der Waals surface area contributed by atoms with Gasteiger partial charge in [0.05, 0.1) is 24.2 Å². The molecule has 6 nitrogen and oxygen atoms in total. The standard InChI is InChI=1S/C23H24FN3O3/c1-23(2)17(14-5-3-13(4-6-14)11-26-12-20(25)28)10-19(30-23)21-16-9-15(24)7-8-18(16)27-22(21)29/h3-10,19,21,26H,11-12H2,1-2H3,(H2,25,28)(H,27,29). The van der Waals surface area contributed by atoms with Crippen LogP contribution in [0.2, 0.25) is 0 Å². The lowest BCUT2D eigenvalue weighted by molar-refractivity contribution is -0.120. The Morgan fingerprint density at radius 2 is 1.97 bits per heavy atom. The minimum absolute atomic E-state index is 0.126. The van der Waals surface area contributed by atoms with Crippen molar-refractivity contribution in [2.45, 2.75) is 38.0 Å². The van der Waals surface area contributed by atoms with E-state index in [2.05, 4.69) is 10.6 Å². The molecular formula is C23H24FN3O3. The summed E-state index contributed by atoms with van der Waals surface area (Å²) in [4.78, 5) is 23.4. The van der Waals surface area contributed by atoms with Crippen LogP contribution >= 0.6 is 0 Å². The van der Waals surface area contributed by atoms with Gasteiger partial charge in [0.1, 0.15) is 5.82 Å². The van der Waals surface area contributed by atoms with Gasteiger partial charge in [-0.25, -0.2) is 4.39 Å². The van der Waals surface area contributed by atoms with Crippen LogP contribution in [0.25, 0.3) is 5.57 Å². The maximum atomic E-state index is 13.8. The van der Waals surface area contributed by atoms with E-state index in [9.17, 15) is 14.0 Å². The fourth-order valence-corrected chi connectivity index (χ4v) is 4.13. The molecule has 0 fully saturated rings. The largest absolute Gasteiger partial charge is 0.369 e. The van der Waals surface area contributed by atoms with E-state index in [4.69, 9.17) is 10.5 Å². The quantitative estimate of drug-likeness (QED) is 0.684. The van der Waals surface area contributed by atoms with Gasteiger partial charge in [0.2, 0.25) is 11.8 Å². The highest BCUT2D eigenvalue weighted by atomic mass is 19.1. The van der Waals surface area contributed by atoms with Crippen molar-refractivity contribution >= 4 is 23.1 Å². The Labute approximate surface area is 174 Å². The predicted octanol–water partition coefficient (Wildman–Crippen LogP) is 2.70. The smallest absolute Gasteiger partial charge is 0.234 e. The summed E-state index contributed by atoms with van der Waals surface area (Å²) in [6, 6.07) is 12.2. The van der Waals surface area contributed by atoms with E-state index < -0.39 is 23.5 Å². The molecule has 2 aromatic carbocycles. The number of benzene rings is 2. The second-order valence-electron chi connectivity index (χ2n) is 8.14. The summed E-state index contributed by atoms with van der Waals surface area (Å²) in [6.07, 6.45) is 1.47. The van der Waals surface area contributed by atoms with Gasteiger partial charge in [-0.15, -0.1) is 0 Å². The first-order valence-corrected chi connectivity index (χ1v) is 9.83. The van der Waals surface area contributed by atoms with Crippen molar-refractivity contribution < 1.29 is 18.7 Å². The third-order valence-electron chi connectivity index (χ3n) is 5.52. The lowest BCUT2D eigenvalue weighted by Crippen LogP contribution is -2.30. The molecule has 0 aromatic heterocycles. The number of nitrogens with two attached hydrogens (primary N) is 1. The summed E-state index contributed by atoms with van der Waals surface area (Å²) in [6.45, 7) is 4.58. The first-order valence-electron chi connectivity index (χ1n) is 9.83. The Bertz CT molecular complexity index is 1030. The van der Waals surface area contributed by atoms with Gasteiger partial charge >= 0.3 is 0 Å². The molecule has 2 amide bonds. The van der Waals surface area contributed by atoms with Gasteiger partial charge in [-0.2, -0.15) is 0 Å². The molecule has 2 atom stereocenters. The van der Waals surface area contributed by atoms with E-state index in [1.165, 1.54) is 12.1 Å². The molecule has 0 spiro atoms. The van der Waals surface area contributed by atoms with Crippen LogP contribution in [-0.2, 0) is 20.9 Å². The second-order valence-corrected chi connectivity index (χ2v) is 8.14. The average molecular weight is 409 g/mol. The van der Waals surface area contributed by atoms with Gasteiger partial charge in [-0.3, -0.25) is 9.59 Å². The minimum Gasteiger partial charge on any atom is -0.369 e. The average Bonchev–Trinajstić information content (AvgIpc) is 3.16. The van der Waals surface area contributed by atoms with Crippen LogP contribution in [0.1, 0.15) is 36.5 Å². The normalized spacial score (nSPS) is 21.8. The Kier molecular flexibility index (Phi) is 5.17. The minimum atomic E-state index is -0.604. The number of ether oxygens (including phenoxy) is 1. The molecule has 2 unspecified atom stereocenters. The second kappa shape index (κ2) is 7.66. The first-order chi connectivity index (χ1) is 14.2. The molecule has 0 radical (unpaired) electrons. The SMILES string of the molecule is CC1(C)OC(C2C(=O)Nc3ccc(F)cc32)C=C1c1ccc(CNCC(N)=O)cc1. The van der Waals surface area contributed by atoms with Crippen LogP contribution in [0.15, 0.2) is 48.5 Å². The van der Waals surface area contributed by atoms with Crippen molar-refractivity contribution in [3.8, 4) is 0 Å². The molecule has 4 N–H and O–H groups in total. The number of rotatable bonds is 6. The van der Waals surface area contributed by atoms with Crippen LogP contribution < -0.4 is 16.4 Å². The van der Waals surface area contributed by atoms with Crippen LogP contribution in [0.4, 0.5) is 10.1 Å². The predicted molar refractivity (Wildman–Crippen MR) is 112 cm³/mol. The number of carbonyl (C=O) groups excluding carboxylic acids is 2. The zero-order chi connectivity index (χ0) is 21.5. The summed E-state index contributed by atoms with van der Waals surface area (Å²) in [5.41, 5.74) is 8.76. The Morgan fingerprint density at radius 3 is 2.67 bits per heavy atom. The lowest BCUT2D eigenvalue weighted by Gasteiger charge is -2.26. The topological polar surface area (TPSA) is 93.4 Å². The molecule has 2 heterocycles. The number of anilines is 1. The van der Waals surface area contributed by atoms with E-state index in [0.29, 0.717) is 17.8 Å². The summed E-state index contributed by atoms with van der Waals surface area (Å²) in [5, 5.41) is 5.79. The zero-order valence-electron chi connectivity index (χ0n) is 16.9. The zero-order valence-corrected chi connectivity index (χ0v) is 16.9. The van der Waals surface area contributed by atoms with Crippen molar-refractivity contribution in [2.75, 3.05) is 11.9 Å². The number of hydrogen-bond donors (Lipinski definition) is 3. The molecule has 4 rings (SSSR count). The van der Waals surface area contributed by atoms with Crippen molar-refractivity contribution in [2.24, 2.45) is 5.73 Å². The van der Waals surface area contributed by atoms with Gasteiger partial charge in [-0.1, -0.05) is 24.3 Å². The summed E-state index contributed by atoms with van der Waals surface area (Å²) < 4.78 is 20.0. The molecule has 0 aliphatic carbocycles. The highest BCUT2D eigenvalue weighted by Crippen LogP contribution is 2.45. The molecule has 2 aromatic rings. The third-order valence-corrected chi connectivity index (χ3v) is 5.52. The number of halogens is 1. The lowest BCUT2D eigenvalue weighted by atomic mass is 9.90. The number of amides is 2. The van der Waals surface area contributed by atoms with Crippen LogP contribution in [-0.4, -0.2) is 30.1 Å². The van der Waals surface area contributed by atoms with E-state index in [1.807, 2.05) is 44.2 Å². The van der Waals surface area contributed by atoms with Gasteiger partial charge < -0.3 is 21.1 Å². The monoisotopic (exact) mass is 409 g/mol. The fraction of sp³-hybridized carbons (Fsp3) is 0.304.